The lowest BCUT2D eigenvalue weighted by Crippen LogP contribution is -2.39. The maximum absolute atomic E-state index is 11.9. The number of rotatable bonds is 5. The van der Waals surface area contributed by atoms with Crippen molar-refractivity contribution in [1.82, 2.24) is 10.1 Å². The third-order valence-electron chi connectivity index (χ3n) is 3.38. The van der Waals surface area contributed by atoms with Crippen LogP contribution in [0.5, 0.6) is 0 Å². The Kier molecular flexibility index (Phi) is 4.64. The first kappa shape index (κ1) is 15.2. The van der Waals surface area contributed by atoms with Gasteiger partial charge in [0.15, 0.2) is 5.82 Å². The van der Waals surface area contributed by atoms with Gasteiger partial charge in [0.1, 0.15) is 6.61 Å². The zero-order valence-corrected chi connectivity index (χ0v) is 11.1. The van der Waals surface area contributed by atoms with E-state index in [1.807, 2.05) is 0 Å². The molecule has 1 aromatic heterocycles. The quantitative estimate of drug-likeness (QED) is 0.843. The molecule has 5 nitrogen and oxygen atoms in total. The molecular weight excluding hydrogens is 275 g/mol. The van der Waals surface area contributed by atoms with E-state index in [-0.39, 0.29) is 13.0 Å². The molecule has 1 heterocycles. The van der Waals surface area contributed by atoms with E-state index in [4.69, 9.17) is 10.3 Å². The van der Waals surface area contributed by atoms with Gasteiger partial charge in [-0.15, -0.1) is 0 Å². The molecule has 0 aromatic carbocycles. The van der Waals surface area contributed by atoms with E-state index in [1.165, 1.54) is 0 Å². The molecule has 1 aromatic rings. The number of hydrogen-bond donors (Lipinski definition) is 1. The molecular formula is C12H18F3N3O2. The van der Waals surface area contributed by atoms with Crippen molar-refractivity contribution in [3.05, 3.63) is 11.7 Å². The van der Waals surface area contributed by atoms with Crippen LogP contribution in [0.3, 0.4) is 0 Å². The Labute approximate surface area is 114 Å². The predicted molar refractivity (Wildman–Crippen MR) is 63.8 cm³/mol. The highest BCUT2D eigenvalue weighted by Crippen LogP contribution is 2.33. The van der Waals surface area contributed by atoms with Gasteiger partial charge in [-0.1, -0.05) is 24.4 Å². The van der Waals surface area contributed by atoms with Crippen molar-refractivity contribution < 1.29 is 22.4 Å². The fourth-order valence-electron chi connectivity index (χ4n) is 2.31. The van der Waals surface area contributed by atoms with Crippen molar-refractivity contribution in [2.75, 3.05) is 13.2 Å². The summed E-state index contributed by atoms with van der Waals surface area (Å²) >= 11 is 0. The molecule has 0 atom stereocenters. The minimum absolute atomic E-state index is 0.101. The molecule has 0 bridgehead atoms. The molecule has 1 aliphatic rings. The normalized spacial score (nSPS) is 19.2. The van der Waals surface area contributed by atoms with E-state index < -0.39 is 18.3 Å². The molecule has 8 heteroatoms. The summed E-state index contributed by atoms with van der Waals surface area (Å²) in [5.74, 6) is 0.709. The van der Waals surface area contributed by atoms with E-state index >= 15 is 0 Å². The summed E-state index contributed by atoms with van der Waals surface area (Å²) in [6.45, 7) is -1.37. The predicted octanol–water partition coefficient (Wildman–Crippen LogP) is 2.31. The van der Waals surface area contributed by atoms with E-state index in [0.29, 0.717) is 11.7 Å². The average Bonchev–Trinajstić information content (AvgIpc) is 2.84. The van der Waals surface area contributed by atoms with Crippen LogP contribution < -0.4 is 5.73 Å². The number of nitrogens with two attached hydrogens (primary N) is 1. The molecule has 1 fully saturated rings. The van der Waals surface area contributed by atoms with Crippen LogP contribution in [0.25, 0.3) is 0 Å². The third-order valence-corrected chi connectivity index (χ3v) is 3.38. The minimum atomic E-state index is -4.31. The van der Waals surface area contributed by atoms with Gasteiger partial charge in [0, 0.05) is 6.42 Å². The highest BCUT2D eigenvalue weighted by molar-refractivity contribution is 5.03. The number of aromatic nitrogens is 2. The Morgan fingerprint density at radius 3 is 2.60 bits per heavy atom. The van der Waals surface area contributed by atoms with Crippen molar-refractivity contribution in [3.8, 4) is 0 Å². The monoisotopic (exact) mass is 293 g/mol. The average molecular weight is 293 g/mol. The number of halogens is 3. The van der Waals surface area contributed by atoms with Crippen LogP contribution in [0, 0.1) is 0 Å². The highest BCUT2D eigenvalue weighted by Gasteiger charge is 2.35. The zero-order valence-electron chi connectivity index (χ0n) is 11.1. The number of ether oxygens (including phenoxy) is 1. The maximum Gasteiger partial charge on any atom is 0.411 e. The smallest absolute Gasteiger partial charge is 0.372 e. The van der Waals surface area contributed by atoms with E-state index in [1.54, 1.807) is 0 Å². The summed E-state index contributed by atoms with van der Waals surface area (Å²) in [7, 11) is 0. The molecule has 1 aliphatic carbocycles. The summed E-state index contributed by atoms with van der Waals surface area (Å²) in [6, 6.07) is 0. The van der Waals surface area contributed by atoms with Crippen LogP contribution in [0.4, 0.5) is 13.2 Å². The molecule has 0 spiro atoms. The number of alkyl halides is 3. The van der Waals surface area contributed by atoms with Gasteiger partial charge in [-0.25, -0.2) is 0 Å². The fraction of sp³-hybridized carbons (Fsp3) is 0.833. The lowest BCUT2D eigenvalue weighted by Gasteiger charge is -2.29. The lowest BCUT2D eigenvalue weighted by atomic mass is 9.82. The number of hydrogen-bond acceptors (Lipinski definition) is 5. The molecule has 114 valence electrons. The van der Waals surface area contributed by atoms with Crippen LogP contribution >= 0.6 is 0 Å². The van der Waals surface area contributed by atoms with Gasteiger partial charge in [-0.3, -0.25) is 0 Å². The van der Waals surface area contributed by atoms with Crippen molar-refractivity contribution >= 4 is 0 Å². The van der Waals surface area contributed by atoms with Gasteiger partial charge in [-0.05, 0) is 12.8 Å². The van der Waals surface area contributed by atoms with Crippen LogP contribution in [0.1, 0.15) is 43.8 Å². The van der Waals surface area contributed by atoms with E-state index in [9.17, 15) is 13.2 Å². The summed E-state index contributed by atoms with van der Waals surface area (Å²) in [4.78, 5) is 4.18. The third kappa shape index (κ3) is 4.17. The van der Waals surface area contributed by atoms with Crippen molar-refractivity contribution in [2.24, 2.45) is 5.73 Å². The Morgan fingerprint density at radius 1 is 1.25 bits per heavy atom. The van der Waals surface area contributed by atoms with Gasteiger partial charge in [-0.2, -0.15) is 18.2 Å². The van der Waals surface area contributed by atoms with Crippen LogP contribution in [0.2, 0.25) is 0 Å². The topological polar surface area (TPSA) is 74.2 Å². The van der Waals surface area contributed by atoms with Gasteiger partial charge in [0.25, 0.3) is 0 Å². The Balaban J connectivity index is 1.83. The fourth-order valence-corrected chi connectivity index (χ4v) is 2.31. The van der Waals surface area contributed by atoms with Crippen molar-refractivity contribution in [3.63, 3.8) is 0 Å². The molecule has 1 saturated carbocycles. The first-order chi connectivity index (χ1) is 9.39. The Morgan fingerprint density at radius 2 is 1.95 bits per heavy atom. The molecule has 2 rings (SSSR count). The van der Waals surface area contributed by atoms with Gasteiger partial charge >= 0.3 is 6.18 Å². The summed E-state index contributed by atoms with van der Waals surface area (Å²) in [5, 5.41) is 3.74. The first-order valence-corrected chi connectivity index (χ1v) is 6.65. The SMILES string of the molecule is NC1(c2nc(CCOCC(F)(F)F)no2)CCCCC1. The standard InChI is InChI=1S/C12H18F3N3O2/c13-12(14,15)8-19-7-4-9-17-10(20-18-9)11(16)5-2-1-3-6-11/h1-8,16H2. The summed E-state index contributed by atoms with van der Waals surface area (Å²) in [6.07, 6.45) is 0.622. The molecule has 0 radical (unpaired) electrons. The largest absolute Gasteiger partial charge is 0.411 e. The first-order valence-electron chi connectivity index (χ1n) is 6.65. The highest BCUT2D eigenvalue weighted by atomic mass is 19.4. The Hall–Kier alpha value is -1.15. The second-order valence-corrected chi connectivity index (χ2v) is 5.15. The van der Waals surface area contributed by atoms with Crippen molar-refractivity contribution in [2.45, 2.75) is 50.2 Å². The second-order valence-electron chi connectivity index (χ2n) is 5.15. The Bertz CT molecular complexity index is 428. The summed E-state index contributed by atoms with van der Waals surface area (Å²) < 4.78 is 45.3. The van der Waals surface area contributed by atoms with Gasteiger partial charge < -0.3 is 15.0 Å². The molecule has 0 unspecified atom stereocenters. The zero-order chi connectivity index (χ0) is 14.6. The van der Waals surface area contributed by atoms with Crippen LogP contribution in [-0.4, -0.2) is 29.5 Å². The molecule has 0 saturated heterocycles. The minimum Gasteiger partial charge on any atom is -0.372 e. The summed E-state index contributed by atoms with van der Waals surface area (Å²) in [5.41, 5.74) is 5.64. The van der Waals surface area contributed by atoms with Crippen LogP contribution in [-0.2, 0) is 16.7 Å². The van der Waals surface area contributed by atoms with Gasteiger partial charge in [0.2, 0.25) is 5.89 Å². The van der Waals surface area contributed by atoms with E-state index in [0.717, 1.165) is 32.1 Å². The molecule has 0 aliphatic heterocycles. The lowest BCUT2D eigenvalue weighted by molar-refractivity contribution is -0.173. The maximum atomic E-state index is 11.9. The van der Waals surface area contributed by atoms with Gasteiger partial charge in [0.05, 0.1) is 12.1 Å². The van der Waals surface area contributed by atoms with E-state index in [2.05, 4.69) is 14.9 Å². The number of nitrogens with zero attached hydrogens (tertiary/aromatic N) is 2. The van der Waals surface area contributed by atoms with Crippen LogP contribution in [0.15, 0.2) is 4.52 Å². The molecule has 20 heavy (non-hydrogen) atoms. The molecule has 0 amide bonds. The van der Waals surface area contributed by atoms with Crippen molar-refractivity contribution in [1.29, 1.82) is 0 Å². The molecule has 2 N–H and O–H groups in total. The second kappa shape index (κ2) is 6.09.